The predicted molar refractivity (Wildman–Crippen MR) is 191 cm³/mol. The van der Waals surface area contributed by atoms with E-state index in [0.717, 1.165) is 48.3 Å². The molecule has 7 rings (SSSR count). The van der Waals surface area contributed by atoms with E-state index < -0.39 is 29.7 Å². The molecule has 3 aromatic carbocycles. The van der Waals surface area contributed by atoms with Crippen molar-refractivity contribution in [3.8, 4) is 27.4 Å². The summed E-state index contributed by atoms with van der Waals surface area (Å²) in [5, 5.41) is 6.43. The van der Waals surface area contributed by atoms with E-state index in [9.17, 15) is 19.2 Å². The van der Waals surface area contributed by atoms with Crippen molar-refractivity contribution >= 4 is 56.7 Å². The van der Waals surface area contributed by atoms with Crippen LogP contribution in [0.3, 0.4) is 0 Å². The fourth-order valence-corrected chi connectivity index (χ4v) is 6.91. The Bertz CT molecular complexity index is 2100. The first-order chi connectivity index (χ1) is 24.2. The summed E-state index contributed by atoms with van der Waals surface area (Å²) in [5.74, 6) is -1.05. The third kappa shape index (κ3) is 6.78. The van der Waals surface area contributed by atoms with Gasteiger partial charge in [-0.05, 0) is 60.5 Å². The fraction of sp³-hybridized carbons (Fsp3) is 0.243. The topological polar surface area (TPSA) is 143 Å². The van der Waals surface area contributed by atoms with Crippen molar-refractivity contribution in [2.24, 2.45) is 0 Å². The van der Waals surface area contributed by atoms with Crippen LogP contribution >= 0.6 is 11.3 Å². The van der Waals surface area contributed by atoms with Crippen molar-refractivity contribution in [2.45, 2.75) is 18.9 Å². The Morgan fingerprint density at radius 3 is 2.42 bits per heavy atom. The molecule has 12 nitrogen and oxygen atoms in total. The first-order valence-electron chi connectivity index (χ1n) is 16.2. The highest BCUT2D eigenvalue weighted by molar-refractivity contribution is 7.21. The highest BCUT2D eigenvalue weighted by Crippen LogP contribution is 2.34. The molecule has 254 valence electrons. The second-order valence-electron chi connectivity index (χ2n) is 12.1. The van der Waals surface area contributed by atoms with E-state index >= 15 is 0 Å². The second-order valence-corrected chi connectivity index (χ2v) is 13.1. The van der Waals surface area contributed by atoms with E-state index in [1.165, 1.54) is 12.1 Å². The number of anilines is 2. The number of nitrogens with zero attached hydrogens (tertiary/aromatic N) is 4. The van der Waals surface area contributed by atoms with Crippen molar-refractivity contribution in [2.75, 3.05) is 50.7 Å². The summed E-state index contributed by atoms with van der Waals surface area (Å²) < 4.78 is 12.6. The Morgan fingerprint density at radius 1 is 0.880 bits per heavy atom. The summed E-state index contributed by atoms with van der Waals surface area (Å²) >= 11 is 1.69. The summed E-state index contributed by atoms with van der Waals surface area (Å²) in [6, 6.07) is 22.2. The Kier molecular flexibility index (Phi) is 9.24. The summed E-state index contributed by atoms with van der Waals surface area (Å²) in [7, 11) is 4.07. The van der Waals surface area contributed by atoms with Crippen LogP contribution in [-0.2, 0) is 14.3 Å². The van der Waals surface area contributed by atoms with E-state index in [-0.39, 0.29) is 30.6 Å². The average Bonchev–Trinajstić information content (AvgIpc) is 3.66. The molecule has 2 N–H and O–H groups in total. The highest BCUT2D eigenvalue weighted by Gasteiger charge is 2.44. The number of hydrogen-bond donors (Lipinski definition) is 2. The van der Waals surface area contributed by atoms with Gasteiger partial charge in [-0.2, -0.15) is 0 Å². The molecular weight excluding hydrogens is 657 g/mol. The van der Waals surface area contributed by atoms with Crippen LogP contribution in [0.4, 0.5) is 11.5 Å². The number of amides is 4. The molecule has 2 aromatic heterocycles. The molecule has 4 amide bonds. The predicted octanol–water partition coefficient (Wildman–Crippen LogP) is 5.00. The third-order valence-corrected chi connectivity index (χ3v) is 9.64. The van der Waals surface area contributed by atoms with Crippen LogP contribution in [0.2, 0.25) is 0 Å². The number of carbonyl (C=O) groups is 4. The fourth-order valence-electron chi connectivity index (χ4n) is 5.90. The number of pyridine rings is 1. The van der Waals surface area contributed by atoms with Gasteiger partial charge in [-0.3, -0.25) is 29.4 Å². The van der Waals surface area contributed by atoms with Crippen molar-refractivity contribution in [1.29, 1.82) is 0 Å². The molecule has 0 aliphatic carbocycles. The molecule has 1 unspecified atom stereocenters. The molecular formula is C37H34N6O6S. The number of hydrogen-bond acceptors (Lipinski definition) is 11. The van der Waals surface area contributed by atoms with Gasteiger partial charge in [0.2, 0.25) is 11.8 Å². The SMILES string of the molecule is CN(C)c1ccc2nc(-c3ccc(-c4ccc(NCCOCCOc5ccc6c(c5)C(=O)N(C5CCC(=O)NC5=O)C6=O)nc4)cc3)sc2c1. The number of piperidine rings is 1. The van der Waals surface area contributed by atoms with Gasteiger partial charge in [-0.1, -0.05) is 24.3 Å². The number of ether oxygens (including phenoxy) is 2. The van der Waals surface area contributed by atoms with Crippen molar-refractivity contribution in [1.82, 2.24) is 20.2 Å². The van der Waals surface area contributed by atoms with E-state index in [1.54, 1.807) is 17.4 Å². The zero-order chi connectivity index (χ0) is 34.8. The minimum atomic E-state index is -1.01. The van der Waals surface area contributed by atoms with Gasteiger partial charge < -0.3 is 19.7 Å². The minimum absolute atomic E-state index is 0.0671. The average molecular weight is 691 g/mol. The number of thiazole rings is 1. The van der Waals surface area contributed by atoms with Crippen LogP contribution in [0.1, 0.15) is 33.6 Å². The van der Waals surface area contributed by atoms with Crippen LogP contribution in [0.5, 0.6) is 5.75 Å². The molecule has 1 atom stereocenters. The molecule has 5 aromatic rings. The first-order valence-corrected chi connectivity index (χ1v) is 17.0. The molecule has 0 saturated carbocycles. The molecule has 50 heavy (non-hydrogen) atoms. The second kappa shape index (κ2) is 14.1. The Balaban J connectivity index is 0.843. The number of benzene rings is 3. The normalized spacial score (nSPS) is 15.7. The number of aromatic nitrogens is 2. The lowest BCUT2D eigenvalue weighted by Gasteiger charge is -2.27. The molecule has 0 bridgehead atoms. The number of fused-ring (bicyclic) bond motifs is 2. The summed E-state index contributed by atoms with van der Waals surface area (Å²) in [6.45, 7) is 1.52. The highest BCUT2D eigenvalue weighted by atomic mass is 32.1. The number of rotatable bonds is 12. The lowest BCUT2D eigenvalue weighted by Crippen LogP contribution is -2.54. The smallest absolute Gasteiger partial charge is 0.262 e. The van der Waals surface area contributed by atoms with Crippen LogP contribution in [0.25, 0.3) is 31.9 Å². The lowest BCUT2D eigenvalue weighted by molar-refractivity contribution is -0.136. The standard InChI is InChI=1S/C37H34N6O6S/c1-42(2)25-8-11-29-31(19-25)50-35(40-29)23-5-3-22(4-6-23)24-7-13-32(39-21-24)38-15-16-48-17-18-49-26-9-10-27-28(20-26)37(47)43(36(27)46)30-12-14-33(44)41-34(30)45/h3-11,13,19-21,30H,12,14-18H2,1-2H3,(H,38,39)(H,41,44,45). The van der Waals surface area contributed by atoms with Gasteiger partial charge in [0.25, 0.3) is 11.8 Å². The van der Waals surface area contributed by atoms with Crippen molar-refractivity contribution in [3.05, 3.63) is 90.1 Å². The van der Waals surface area contributed by atoms with Gasteiger partial charge in [0.1, 0.15) is 29.2 Å². The third-order valence-electron chi connectivity index (χ3n) is 8.58. The number of imide groups is 2. The van der Waals surface area contributed by atoms with Crippen LogP contribution in [0.15, 0.2) is 79.0 Å². The molecule has 0 spiro atoms. The van der Waals surface area contributed by atoms with E-state index in [1.807, 2.05) is 32.4 Å². The van der Waals surface area contributed by atoms with Gasteiger partial charge in [0.05, 0.1) is 34.6 Å². The molecule has 1 fully saturated rings. The molecule has 13 heteroatoms. The first kappa shape index (κ1) is 32.9. The van der Waals surface area contributed by atoms with Crippen LogP contribution < -0.4 is 20.3 Å². The molecule has 2 aliphatic heterocycles. The van der Waals surface area contributed by atoms with Gasteiger partial charge in [0.15, 0.2) is 0 Å². The molecule has 2 aliphatic rings. The van der Waals surface area contributed by atoms with Crippen LogP contribution in [0, 0.1) is 0 Å². The monoisotopic (exact) mass is 690 g/mol. The Hall–Kier alpha value is -5.66. The van der Waals surface area contributed by atoms with Crippen LogP contribution in [-0.4, -0.2) is 85.0 Å². The largest absolute Gasteiger partial charge is 0.491 e. The van der Waals surface area contributed by atoms with Crippen molar-refractivity contribution in [3.63, 3.8) is 0 Å². The Labute approximate surface area is 292 Å². The number of nitrogens with one attached hydrogen (secondary N) is 2. The van der Waals surface area contributed by atoms with Gasteiger partial charge >= 0.3 is 0 Å². The maximum Gasteiger partial charge on any atom is 0.262 e. The molecule has 4 heterocycles. The maximum absolute atomic E-state index is 13.0. The van der Waals surface area contributed by atoms with Crippen molar-refractivity contribution < 1.29 is 28.7 Å². The quantitative estimate of drug-likeness (QED) is 0.136. The van der Waals surface area contributed by atoms with E-state index in [0.29, 0.717) is 25.5 Å². The zero-order valence-electron chi connectivity index (χ0n) is 27.5. The maximum atomic E-state index is 13.0. The van der Waals surface area contributed by atoms with E-state index in [2.05, 4.69) is 63.0 Å². The summed E-state index contributed by atoms with van der Waals surface area (Å²) in [6.07, 6.45) is 2.01. The van der Waals surface area contributed by atoms with E-state index in [4.69, 9.17) is 14.5 Å². The zero-order valence-corrected chi connectivity index (χ0v) is 28.3. The minimum Gasteiger partial charge on any atom is -0.491 e. The lowest BCUT2D eigenvalue weighted by atomic mass is 10.0. The number of carbonyl (C=O) groups excluding carboxylic acids is 4. The Morgan fingerprint density at radius 2 is 1.66 bits per heavy atom. The van der Waals surface area contributed by atoms with Gasteiger partial charge in [-0.25, -0.2) is 9.97 Å². The summed E-state index contributed by atoms with van der Waals surface area (Å²) in [4.78, 5) is 62.0. The van der Waals surface area contributed by atoms with Gasteiger partial charge in [-0.15, -0.1) is 11.3 Å². The van der Waals surface area contributed by atoms with Gasteiger partial charge in [0, 0.05) is 50.1 Å². The molecule has 1 saturated heterocycles. The molecule has 0 radical (unpaired) electrons. The summed E-state index contributed by atoms with van der Waals surface area (Å²) in [5.41, 5.74) is 5.69.